The summed E-state index contributed by atoms with van der Waals surface area (Å²) in [5.41, 5.74) is -6.86. The van der Waals surface area contributed by atoms with Crippen LogP contribution in [0.25, 0.3) is 10.8 Å². The number of rotatable bonds is 3. The van der Waals surface area contributed by atoms with Crippen molar-refractivity contribution in [3.63, 3.8) is 0 Å². The third kappa shape index (κ3) is 2.98. The zero-order chi connectivity index (χ0) is 18.1. The van der Waals surface area contributed by atoms with Gasteiger partial charge in [0.15, 0.2) is 5.75 Å². The molecule has 0 atom stereocenters. The number of ether oxygens (including phenoxy) is 1. The molecule has 0 fully saturated rings. The Kier molecular flexibility index (Phi) is 4.40. The first-order valence-electron chi connectivity index (χ1n) is 6.17. The number of carbonyl (C=O) groups is 1. The van der Waals surface area contributed by atoms with E-state index in [1.165, 1.54) is 24.3 Å². The number of halogens is 3. The molecule has 6 nitrogen and oxygen atoms in total. The van der Waals surface area contributed by atoms with Gasteiger partial charge in [-0.05, 0) is 11.5 Å². The molecule has 126 valence electrons. The number of alkyl halides is 3. The highest BCUT2D eigenvalue weighted by Gasteiger charge is 2.49. The van der Waals surface area contributed by atoms with Gasteiger partial charge in [-0.15, -0.1) is 0 Å². The minimum Gasteiger partial charge on any atom is -0.465 e. The van der Waals surface area contributed by atoms with Crippen LogP contribution >= 0.6 is 0 Å². The van der Waals surface area contributed by atoms with Gasteiger partial charge in [-0.3, -0.25) is 0 Å². The molecule has 0 aliphatic rings. The van der Waals surface area contributed by atoms with Gasteiger partial charge in [0.25, 0.3) is 0 Å². The van der Waals surface area contributed by atoms with E-state index in [-0.39, 0.29) is 5.39 Å². The van der Waals surface area contributed by atoms with Crippen LogP contribution in [0.15, 0.2) is 30.3 Å². The van der Waals surface area contributed by atoms with Crippen LogP contribution in [-0.2, 0) is 14.9 Å². The topological polar surface area (TPSA) is 93.5 Å². The van der Waals surface area contributed by atoms with Crippen molar-refractivity contribution in [3.05, 3.63) is 41.5 Å². The lowest BCUT2D eigenvalue weighted by Crippen LogP contribution is -2.29. The average molecular weight is 359 g/mol. The fraction of sp³-hybridized carbons (Fsp3) is 0.143. The Morgan fingerprint density at radius 3 is 2.42 bits per heavy atom. The van der Waals surface area contributed by atoms with Crippen molar-refractivity contribution in [2.24, 2.45) is 0 Å². The maximum atomic E-state index is 12.6. The van der Waals surface area contributed by atoms with Gasteiger partial charge in [-0.1, -0.05) is 24.3 Å². The van der Waals surface area contributed by atoms with Crippen LogP contribution in [-0.4, -0.2) is 27.0 Å². The molecule has 2 aromatic rings. The predicted molar refractivity (Wildman–Crippen MR) is 75.6 cm³/mol. The monoisotopic (exact) mass is 359 g/mol. The van der Waals surface area contributed by atoms with Crippen LogP contribution in [0.3, 0.4) is 0 Å². The number of carbonyl (C=O) groups excluding carboxylic acids is 1. The van der Waals surface area contributed by atoms with Crippen LogP contribution in [0.1, 0.15) is 15.9 Å². The highest BCUT2D eigenvalue weighted by Crippen LogP contribution is 2.36. The first-order chi connectivity index (χ1) is 11.1. The molecular weight excluding hydrogens is 351 g/mol. The molecule has 2 aromatic carbocycles. The standard InChI is InChI=1S/C14H8F3NO5S/c1-22-13(19)11-10-5-3-2-4-8(10)6-9(7-18)12(11)23-24(20,21)14(15,16)17/h2-6H,1H3. The first-order valence-corrected chi connectivity index (χ1v) is 7.58. The molecule has 0 amide bonds. The van der Waals surface area contributed by atoms with Crippen molar-refractivity contribution < 1.29 is 35.3 Å². The Balaban J connectivity index is 2.86. The number of fused-ring (bicyclic) bond motifs is 1. The molecule has 0 radical (unpaired) electrons. The maximum Gasteiger partial charge on any atom is 0.534 e. The van der Waals surface area contributed by atoms with Crippen LogP contribution in [0.5, 0.6) is 5.75 Å². The second kappa shape index (κ2) is 6.01. The molecule has 0 bridgehead atoms. The van der Waals surface area contributed by atoms with E-state index in [0.29, 0.717) is 5.39 Å². The van der Waals surface area contributed by atoms with Gasteiger partial charge in [-0.2, -0.15) is 26.9 Å². The fourth-order valence-corrected chi connectivity index (χ4v) is 2.45. The molecule has 0 aliphatic carbocycles. The second-order valence-electron chi connectivity index (χ2n) is 4.44. The smallest absolute Gasteiger partial charge is 0.465 e. The number of nitrogens with zero attached hydrogens (tertiary/aromatic N) is 1. The fourth-order valence-electron chi connectivity index (χ4n) is 1.96. The van der Waals surface area contributed by atoms with E-state index in [4.69, 9.17) is 5.26 Å². The Morgan fingerprint density at radius 1 is 1.25 bits per heavy atom. The third-order valence-electron chi connectivity index (χ3n) is 2.99. The zero-order valence-corrected chi connectivity index (χ0v) is 12.7. The summed E-state index contributed by atoms with van der Waals surface area (Å²) in [7, 11) is -5.12. The molecule has 2 rings (SSSR count). The van der Waals surface area contributed by atoms with Crippen molar-refractivity contribution in [2.75, 3.05) is 7.11 Å². The van der Waals surface area contributed by atoms with E-state index in [2.05, 4.69) is 8.92 Å². The second-order valence-corrected chi connectivity index (χ2v) is 5.97. The highest BCUT2D eigenvalue weighted by molar-refractivity contribution is 7.88. The number of nitriles is 1. The van der Waals surface area contributed by atoms with Crippen LogP contribution in [0.4, 0.5) is 13.2 Å². The van der Waals surface area contributed by atoms with Crippen LogP contribution < -0.4 is 4.18 Å². The molecule has 0 aromatic heterocycles. The van der Waals surface area contributed by atoms with Gasteiger partial charge in [0.2, 0.25) is 0 Å². The van der Waals surface area contributed by atoms with E-state index in [9.17, 15) is 26.4 Å². The van der Waals surface area contributed by atoms with E-state index >= 15 is 0 Å². The van der Waals surface area contributed by atoms with Gasteiger partial charge in [-0.25, -0.2) is 4.79 Å². The quantitative estimate of drug-likeness (QED) is 0.475. The molecule has 0 spiro atoms. The van der Waals surface area contributed by atoms with Gasteiger partial charge in [0.05, 0.1) is 12.7 Å². The lowest BCUT2D eigenvalue weighted by atomic mass is 10.00. The predicted octanol–water partition coefficient (Wildman–Crippen LogP) is 2.73. The van der Waals surface area contributed by atoms with E-state index in [1.54, 1.807) is 6.07 Å². The minimum absolute atomic E-state index is 0.0794. The number of methoxy groups -OCH3 is 1. The third-order valence-corrected chi connectivity index (χ3v) is 3.94. The van der Waals surface area contributed by atoms with Crippen LogP contribution in [0.2, 0.25) is 0 Å². The van der Waals surface area contributed by atoms with Crippen molar-refractivity contribution in [3.8, 4) is 11.8 Å². The largest absolute Gasteiger partial charge is 0.534 e. The average Bonchev–Trinajstić information content (AvgIpc) is 2.52. The summed E-state index contributed by atoms with van der Waals surface area (Å²) >= 11 is 0. The Morgan fingerprint density at radius 2 is 1.88 bits per heavy atom. The van der Waals surface area contributed by atoms with Gasteiger partial charge >= 0.3 is 21.6 Å². The highest BCUT2D eigenvalue weighted by atomic mass is 32.2. The van der Waals surface area contributed by atoms with Gasteiger partial charge in [0, 0.05) is 5.39 Å². The summed E-state index contributed by atoms with van der Waals surface area (Å²) in [5, 5.41) is 9.50. The number of hydrogen-bond donors (Lipinski definition) is 0. The van der Waals surface area contributed by atoms with E-state index < -0.39 is 38.5 Å². The van der Waals surface area contributed by atoms with Gasteiger partial charge < -0.3 is 8.92 Å². The lowest BCUT2D eigenvalue weighted by Gasteiger charge is -2.15. The van der Waals surface area contributed by atoms with Crippen LogP contribution in [0, 0.1) is 11.3 Å². The minimum atomic E-state index is -6.08. The van der Waals surface area contributed by atoms with Crippen molar-refractivity contribution >= 4 is 26.9 Å². The molecular formula is C14H8F3NO5S. The molecule has 0 unspecified atom stereocenters. The maximum absolute atomic E-state index is 12.6. The van der Waals surface area contributed by atoms with E-state index in [1.807, 2.05) is 0 Å². The number of esters is 1. The Hall–Kier alpha value is -2.80. The number of hydrogen-bond acceptors (Lipinski definition) is 6. The van der Waals surface area contributed by atoms with E-state index in [0.717, 1.165) is 13.2 Å². The molecule has 10 heteroatoms. The molecule has 0 aliphatic heterocycles. The molecule has 0 N–H and O–H groups in total. The molecule has 0 heterocycles. The zero-order valence-electron chi connectivity index (χ0n) is 11.9. The summed E-state index contributed by atoms with van der Waals surface area (Å²) in [4.78, 5) is 12.0. The molecule has 0 saturated heterocycles. The summed E-state index contributed by atoms with van der Waals surface area (Å²) < 4.78 is 68.8. The van der Waals surface area contributed by atoms with Crippen molar-refractivity contribution in [1.29, 1.82) is 5.26 Å². The molecule has 0 saturated carbocycles. The summed E-state index contributed by atoms with van der Waals surface area (Å²) in [6, 6.07) is 8.52. The lowest BCUT2D eigenvalue weighted by molar-refractivity contribution is -0.0500. The number of benzene rings is 2. The normalized spacial score (nSPS) is 11.8. The summed E-state index contributed by atoms with van der Waals surface area (Å²) in [6.45, 7) is 0. The summed E-state index contributed by atoms with van der Waals surface area (Å²) in [5.74, 6) is -2.17. The molecule has 24 heavy (non-hydrogen) atoms. The van der Waals surface area contributed by atoms with Crippen molar-refractivity contribution in [1.82, 2.24) is 0 Å². The first kappa shape index (κ1) is 17.6. The SMILES string of the molecule is COC(=O)c1c(OS(=O)(=O)C(F)(F)F)c(C#N)cc2ccccc12. The Bertz CT molecular complexity index is 961. The Labute approximate surface area is 134 Å². The van der Waals surface area contributed by atoms with Gasteiger partial charge in [0.1, 0.15) is 11.6 Å². The van der Waals surface area contributed by atoms with Crippen molar-refractivity contribution in [2.45, 2.75) is 5.51 Å². The summed E-state index contributed by atoms with van der Waals surface area (Å²) in [6.07, 6.45) is 0.